The molecular weight excluding hydrogens is 366 g/mol. The first-order valence-corrected chi connectivity index (χ1v) is 7.69. The van der Waals surface area contributed by atoms with Gasteiger partial charge in [0.2, 0.25) is 0 Å². The fraction of sp³-hybridized carbons (Fsp3) is 0.294. The van der Waals surface area contributed by atoms with Gasteiger partial charge in [0.05, 0.1) is 6.54 Å². The van der Waals surface area contributed by atoms with Crippen LogP contribution in [0, 0.1) is 11.6 Å². The standard InChI is InChI=1S/C17H17F4N5O/c1-11(2)4-7-15(22-3)17(20,21)16(27,9-26-10-23-24-25-26)13-6-5-12(18)8-14(13)19/h4-8,10,27H,1,9H2,2-3H3/b7-4-,22-15?. The number of allylic oxidation sites excluding steroid dienone is 3. The van der Waals surface area contributed by atoms with Gasteiger partial charge in [-0.3, -0.25) is 4.99 Å². The Kier molecular flexibility index (Phi) is 5.89. The average molecular weight is 383 g/mol. The van der Waals surface area contributed by atoms with Crippen LogP contribution in [0.4, 0.5) is 17.6 Å². The molecule has 0 aliphatic heterocycles. The second kappa shape index (κ2) is 7.78. The van der Waals surface area contributed by atoms with Crippen LogP contribution >= 0.6 is 0 Å². The monoisotopic (exact) mass is 383 g/mol. The highest BCUT2D eigenvalue weighted by Gasteiger charge is 2.58. The average Bonchev–Trinajstić information content (AvgIpc) is 3.07. The number of benzene rings is 1. The van der Waals surface area contributed by atoms with Gasteiger partial charge in [0.25, 0.3) is 0 Å². The second-order valence-corrected chi connectivity index (χ2v) is 5.85. The van der Waals surface area contributed by atoms with Gasteiger partial charge in [-0.25, -0.2) is 13.5 Å². The Balaban J connectivity index is 2.65. The first-order chi connectivity index (χ1) is 12.6. The number of hydrogen-bond donors (Lipinski definition) is 1. The first kappa shape index (κ1) is 20.4. The summed E-state index contributed by atoms with van der Waals surface area (Å²) in [7, 11) is 1.10. The predicted octanol–water partition coefficient (Wildman–Crippen LogP) is 2.68. The summed E-state index contributed by atoms with van der Waals surface area (Å²) in [4.78, 5) is 3.52. The van der Waals surface area contributed by atoms with E-state index in [1.54, 1.807) is 6.92 Å². The molecule has 0 aliphatic carbocycles. The van der Waals surface area contributed by atoms with Crippen molar-refractivity contribution >= 4 is 5.71 Å². The van der Waals surface area contributed by atoms with Crippen LogP contribution in [0.15, 0.2) is 53.8 Å². The number of hydrogen-bond acceptors (Lipinski definition) is 5. The maximum Gasteiger partial charge on any atom is 0.323 e. The molecule has 1 unspecified atom stereocenters. The third-order valence-corrected chi connectivity index (χ3v) is 3.77. The van der Waals surface area contributed by atoms with Gasteiger partial charge in [0, 0.05) is 18.7 Å². The quantitative estimate of drug-likeness (QED) is 0.453. The highest BCUT2D eigenvalue weighted by Crippen LogP contribution is 2.42. The molecule has 6 nitrogen and oxygen atoms in total. The molecule has 0 saturated heterocycles. The predicted molar refractivity (Wildman–Crippen MR) is 90.3 cm³/mol. The minimum Gasteiger partial charge on any atom is -0.377 e. The summed E-state index contributed by atoms with van der Waals surface area (Å²) in [6.45, 7) is 4.24. The Labute approximate surface area is 152 Å². The van der Waals surface area contributed by atoms with Gasteiger partial charge < -0.3 is 5.11 Å². The van der Waals surface area contributed by atoms with E-state index in [0.717, 1.165) is 36.3 Å². The summed E-state index contributed by atoms with van der Waals surface area (Å²) >= 11 is 0. The summed E-state index contributed by atoms with van der Waals surface area (Å²) in [5.41, 5.74) is -4.35. The molecule has 0 radical (unpaired) electrons. The number of alkyl halides is 2. The highest BCUT2D eigenvalue weighted by molar-refractivity contribution is 6.01. The molecule has 1 aromatic carbocycles. The van der Waals surface area contributed by atoms with Crippen molar-refractivity contribution in [2.45, 2.75) is 25.0 Å². The van der Waals surface area contributed by atoms with Crippen molar-refractivity contribution in [3.63, 3.8) is 0 Å². The van der Waals surface area contributed by atoms with E-state index >= 15 is 8.78 Å². The normalized spacial score (nSPS) is 15.1. The van der Waals surface area contributed by atoms with E-state index < -0.39 is 41.0 Å². The number of rotatable bonds is 7. The van der Waals surface area contributed by atoms with Gasteiger partial charge >= 0.3 is 5.92 Å². The molecule has 2 rings (SSSR count). The van der Waals surface area contributed by atoms with Crippen LogP contribution < -0.4 is 0 Å². The molecule has 0 bridgehead atoms. The molecule has 1 N–H and O–H groups in total. The van der Waals surface area contributed by atoms with Crippen LogP contribution in [0.2, 0.25) is 0 Å². The molecule has 10 heteroatoms. The summed E-state index contributed by atoms with van der Waals surface area (Å²) in [5.74, 6) is -6.40. The highest BCUT2D eigenvalue weighted by atomic mass is 19.3. The Hall–Kier alpha value is -2.88. The Morgan fingerprint density at radius 1 is 1.33 bits per heavy atom. The van der Waals surface area contributed by atoms with Crippen molar-refractivity contribution in [1.29, 1.82) is 0 Å². The number of aromatic nitrogens is 4. The summed E-state index contributed by atoms with van der Waals surface area (Å²) < 4.78 is 59.1. The second-order valence-electron chi connectivity index (χ2n) is 5.85. The van der Waals surface area contributed by atoms with Crippen LogP contribution in [0.5, 0.6) is 0 Å². The van der Waals surface area contributed by atoms with Gasteiger partial charge in [-0.05, 0) is 35.6 Å². The number of tetrazole rings is 1. The van der Waals surface area contributed by atoms with Gasteiger partial charge in [-0.1, -0.05) is 18.2 Å². The lowest BCUT2D eigenvalue weighted by atomic mass is 9.83. The van der Waals surface area contributed by atoms with Crippen molar-refractivity contribution < 1.29 is 22.7 Å². The van der Waals surface area contributed by atoms with E-state index in [1.165, 1.54) is 6.08 Å². The lowest BCUT2D eigenvalue weighted by molar-refractivity contribution is -0.154. The van der Waals surface area contributed by atoms with E-state index in [9.17, 15) is 13.9 Å². The molecule has 0 spiro atoms. The fourth-order valence-corrected chi connectivity index (χ4v) is 2.42. The molecule has 2 aromatic rings. The van der Waals surface area contributed by atoms with Gasteiger partial charge in [-0.15, -0.1) is 5.10 Å². The first-order valence-electron chi connectivity index (χ1n) is 7.69. The minimum absolute atomic E-state index is 0.405. The smallest absolute Gasteiger partial charge is 0.323 e. The zero-order valence-corrected chi connectivity index (χ0v) is 14.6. The van der Waals surface area contributed by atoms with Crippen molar-refractivity contribution in [3.05, 3.63) is 66.0 Å². The van der Waals surface area contributed by atoms with Crippen molar-refractivity contribution in [2.24, 2.45) is 4.99 Å². The topological polar surface area (TPSA) is 76.2 Å². The SMILES string of the molecule is C=C(C)/C=C\C(=NC)C(F)(F)C(O)(Cn1cnnn1)c1ccc(F)cc1F. The third-order valence-electron chi connectivity index (χ3n) is 3.77. The molecule has 1 heterocycles. The number of aliphatic hydroxyl groups is 1. The van der Waals surface area contributed by atoms with Gasteiger partial charge in [0.15, 0.2) is 5.60 Å². The maximum absolute atomic E-state index is 15.3. The zero-order valence-electron chi connectivity index (χ0n) is 14.6. The van der Waals surface area contributed by atoms with Crippen LogP contribution in [0.3, 0.4) is 0 Å². The summed E-state index contributed by atoms with van der Waals surface area (Å²) in [5, 5.41) is 21.0. The Morgan fingerprint density at radius 2 is 2.04 bits per heavy atom. The fourth-order valence-electron chi connectivity index (χ4n) is 2.42. The lowest BCUT2D eigenvalue weighted by Gasteiger charge is -2.36. The molecule has 144 valence electrons. The van der Waals surface area contributed by atoms with Gasteiger partial charge in [0.1, 0.15) is 23.7 Å². The molecule has 0 saturated carbocycles. The lowest BCUT2D eigenvalue weighted by Crippen LogP contribution is -2.53. The zero-order chi connectivity index (χ0) is 20.2. The summed E-state index contributed by atoms with van der Waals surface area (Å²) in [6.07, 6.45) is 3.22. The molecule has 1 atom stereocenters. The maximum atomic E-state index is 15.3. The Morgan fingerprint density at radius 3 is 2.56 bits per heavy atom. The van der Waals surface area contributed by atoms with E-state index in [0.29, 0.717) is 11.6 Å². The molecule has 1 aromatic heterocycles. The molecule has 0 fully saturated rings. The van der Waals surface area contributed by atoms with Crippen molar-refractivity contribution in [1.82, 2.24) is 20.2 Å². The van der Waals surface area contributed by atoms with Crippen LogP contribution in [-0.4, -0.2) is 44.0 Å². The summed E-state index contributed by atoms with van der Waals surface area (Å²) in [6, 6.07) is 1.92. The van der Waals surface area contributed by atoms with E-state index in [4.69, 9.17) is 0 Å². The van der Waals surface area contributed by atoms with Crippen LogP contribution in [0.25, 0.3) is 0 Å². The molecular formula is C17H17F4N5O. The van der Waals surface area contributed by atoms with Crippen molar-refractivity contribution in [3.8, 4) is 0 Å². The molecule has 0 aliphatic rings. The number of aliphatic imine (C=N–C) groups is 1. The van der Waals surface area contributed by atoms with Gasteiger partial charge in [-0.2, -0.15) is 8.78 Å². The Bertz CT molecular complexity index is 879. The minimum atomic E-state index is -4.09. The van der Waals surface area contributed by atoms with E-state index in [-0.39, 0.29) is 0 Å². The number of nitrogens with zero attached hydrogens (tertiary/aromatic N) is 5. The van der Waals surface area contributed by atoms with Crippen molar-refractivity contribution in [2.75, 3.05) is 7.05 Å². The van der Waals surface area contributed by atoms with E-state index in [2.05, 4.69) is 27.1 Å². The van der Waals surface area contributed by atoms with E-state index in [1.807, 2.05) is 0 Å². The van der Waals surface area contributed by atoms with Crippen LogP contribution in [-0.2, 0) is 12.1 Å². The third kappa shape index (κ3) is 4.11. The largest absolute Gasteiger partial charge is 0.377 e. The molecule has 0 amide bonds. The molecule has 27 heavy (non-hydrogen) atoms. The van der Waals surface area contributed by atoms with Crippen LogP contribution in [0.1, 0.15) is 12.5 Å². The number of halogens is 4.